The molecule has 3 rings (SSSR count). The molecule has 0 radical (unpaired) electrons. The normalized spacial score (nSPS) is 10.9. The maximum absolute atomic E-state index is 5.81. The molecule has 1 heterocycles. The van der Waals surface area contributed by atoms with E-state index in [1.165, 1.54) is 16.5 Å². The Kier molecular flexibility index (Phi) is 4.20. The number of fused-ring (bicyclic) bond motifs is 1. The second kappa shape index (κ2) is 6.44. The Hall–Kier alpha value is -2.29. The molecule has 0 N–H and O–H groups in total. The molecule has 0 amide bonds. The summed E-state index contributed by atoms with van der Waals surface area (Å²) in [5, 5.41) is 5.64. The Labute approximate surface area is 125 Å². The lowest BCUT2D eigenvalue weighted by Crippen LogP contribution is -2.03. The minimum absolute atomic E-state index is 0.754. The molecule has 0 unspecified atom stereocenters. The van der Waals surface area contributed by atoms with Crippen molar-refractivity contribution in [3.8, 4) is 5.75 Å². The number of ether oxygens (including phenoxy) is 1. The van der Waals surface area contributed by atoms with Crippen LogP contribution in [0.5, 0.6) is 5.75 Å². The van der Waals surface area contributed by atoms with Gasteiger partial charge in [-0.3, -0.25) is 4.68 Å². The van der Waals surface area contributed by atoms with Crippen molar-refractivity contribution in [2.24, 2.45) is 0 Å². The lowest BCUT2D eigenvalue weighted by Gasteiger charge is -2.09. The zero-order valence-corrected chi connectivity index (χ0v) is 12.3. The second-order valence-electron chi connectivity index (χ2n) is 5.25. The number of aryl methyl sites for hydroxylation is 2. The highest BCUT2D eigenvalue weighted by atomic mass is 16.5. The molecule has 0 spiro atoms. The highest BCUT2D eigenvalue weighted by Gasteiger charge is 2.01. The van der Waals surface area contributed by atoms with Gasteiger partial charge in [0.2, 0.25) is 0 Å². The van der Waals surface area contributed by atoms with E-state index >= 15 is 0 Å². The van der Waals surface area contributed by atoms with Gasteiger partial charge < -0.3 is 4.74 Å². The van der Waals surface area contributed by atoms with Crippen LogP contribution in [0.15, 0.2) is 54.7 Å². The van der Waals surface area contributed by atoms with E-state index in [1.807, 2.05) is 30.5 Å². The van der Waals surface area contributed by atoms with Crippen molar-refractivity contribution in [1.82, 2.24) is 9.78 Å². The zero-order valence-electron chi connectivity index (χ0n) is 12.3. The Morgan fingerprint density at radius 3 is 2.71 bits per heavy atom. The SMILES string of the molecule is Cc1ccccc1OCCCCn1ncc2ccccc21. The van der Waals surface area contributed by atoms with Gasteiger partial charge >= 0.3 is 0 Å². The summed E-state index contributed by atoms with van der Waals surface area (Å²) in [6.07, 6.45) is 4.03. The first-order valence-corrected chi connectivity index (χ1v) is 7.43. The van der Waals surface area contributed by atoms with Crippen LogP contribution in [-0.2, 0) is 6.54 Å². The van der Waals surface area contributed by atoms with E-state index in [2.05, 4.69) is 41.0 Å². The summed E-state index contributed by atoms with van der Waals surface area (Å²) >= 11 is 0. The number of unbranched alkanes of at least 4 members (excludes halogenated alkanes) is 1. The topological polar surface area (TPSA) is 27.1 Å². The first-order chi connectivity index (χ1) is 10.3. The fourth-order valence-corrected chi connectivity index (χ4v) is 2.47. The van der Waals surface area contributed by atoms with Crippen molar-refractivity contribution in [2.75, 3.05) is 6.61 Å². The minimum Gasteiger partial charge on any atom is -0.493 e. The van der Waals surface area contributed by atoms with E-state index in [4.69, 9.17) is 4.74 Å². The predicted octanol–water partition coefficient (Wildman–Crippen LogP) is 4.20. The number of para-hydroxylation sites is 2. The van der Waals surface area contributed by atoms with Gasteiger partial charge in [-0.25, -0.2) is 0 Å². The number of rotatable bonds is 6. The quantitative estimate of drug-likeness (QED) is 0.633. The third-order valence-electron chi connectivity index (χ3n) is 3.67. The summed E-state index contributed by atoms with van der Waals surface area (Å²) in [6.45, 7) is 3.76. The first kappa shape index (κ1) is 13.7. The molecule has 1 aromatic heterocycles. The van der Waals surface area contributed by atoms with E-state index in [1.54, 1.807) is 0 Å². The van der Waals surface area contributed by atoms with Crippen LogP contribution in [0.4, 0.5) is 0 Å². The molecule has 0 aliphatic heterocycles. The van der Waals surface area contributed by atoms with Crippen molar-refractivity contribution in [1.29, 1.82) is 0 Å². The third kappa shape index (κ3) is 3.24. The van der Waals surface area contributed by atoms with Gasteiger partial charge in [-0.2, -0.15) is 5.10 Å². The Balaban J connectivity index is 1.47. The third-order valence-corrected chi connectivity index (χ3v) is 3.67. The summed E-state index contributed by atoms with van der Waals surface area (Å²) < 4.78 is 7.89. The molecule has 3 aromatic rings. The second-order valence-corrected chi connectivity index (χ2v) is 5.25. The zero-order chi connectivity index (χ0) is 14.5. The number of benzene rings is 2. The van der Waals surface area contributed by atoms with Crippen LogP contribution in [-0.4, -0.2) is 16.4 Å². The van der Waals surface area contributed by atoms with E-state index in [9.17, 15) is 0 Å². The molecular formula is C18H20N2O. The smallest absolute Gasteiger partial charge is 0.122 e. The molecule has 0 fully saturated rings. The fraction of sp³-hybridized carbons (Fsp3) is 0.278. The summed E-state index contributed by atoms with van der Waals surface area (Å²) in [4.78, 5) is 0. The van der Waals surface area contributed by atoms with Crippen LogP contribution < -0.4 is 4.74 Å². The summed E-state index contributed by atoms with van der Waals surface area (Å²) in [5.74, 6) is 0.988. The largest absolute Gasteiger partial charge is 0.493 e. The average Bonchev–Trinajstić information content (AvgIpc) is 2.92. The van der Waals surface area contributed by atoms with Gasteiger partial charge in [-0.1, -0.05) is 36.4 Å². The Morgan fingerprint density at radius 2 is 1.81 bits per heavy atom. The molecule has 0 atom stereocenters. The van der Waals surface area contributed by atoms with Crippen molar-refractivity contribution >= 4 is 10.9 Å². The van der Waals surface area contributed by atoms with Gasteiger partial charge in [0.1, 0.15) is 5.75 Å². The summed E-state index contributed by atoms with van der Waals surface area (Å²) in [7, 11) is 0. The van der Waals surface area contributed by atoms with Crippen LogP contribution in [0.1, 0.15) is 18.4 Å². The number of aromatic nitrogens is 2. The molecule has 2 aromatic carbocycles. The monoisotopic (exact) mass is 280 g/mol. The van der Waals surface area contributed by atoms with E-state index < -0.39 is 0 Å². The molecule has 3 heteroatoms. The molecule has 0 saturated heterocycles. The predicted molar refractivity (Wildman–Crippen MR) is 85.6 cm³/mol. The fourth-order valence-electron chi connectivity index (χ4n) is 2.47. The van der Waals surface area contributed by atoms with Gasteiger partial charge in [0.25, 0.3) is 0 Å². The van der Waals surface area contributed by atoms with Crippen LogP contribution in [0.3, 0.4) is 0 Å². The van der Waals surface area contributed by atoms with Gasteiger partial charge in [0.15, 0.2) is 0 Å². The van der Waals surface area contributed by atoms with Gasteiger partial charge in [0, 0.05) is 11.9 Å². The number of hydrogen-bond donors (Lipinski definition) is 0. The van der Waals surface area contributed by atoms with Gasteiger partial charge in [-0.15, -0.1) is 0 Å². The van der Waals surface area contributed by atoms with E-state index in [-0.39, 0.29) is 0 Å². The number of hydrogen-bond acceptors (Lipinski definition) is 2. The van der Waals surface area contributed by atoms with Gasteiger partial charge in [0.05, 0.1) is 18.3 Å². The van der Waals surface area contributed by atoms with E-state index in [0.717, 1.165) is 31.7 Å². The minimum atomic E-state index is 0.754. The molecule has 0 aliphatic carbocycles. The van der Waals surface area contributed by atoms with Crippen molar-refractivity contribution in [3.05, 3.63) is 60.3 Å². The molecule has 0 aliphatic rings. The van der Waals surface area contributed by atoms with Gasteiger partial charge in [-0.05, 0) is 37.5 Å². The molecule has 3 nitrogen and oxygen atoms in total. The standard InChI is InChI=1S/C18H20N2O/c1-15-8-2-5-11-18(15)21-13-7-6-12-20-17-10-4-3-9-16(17)14-19-20/h2-5,8-11,14H,6-7,12-13H2,1H3. The molecular weight excluding hydrogens is 260 g/mol. The Morgan fingerprint density at radius 1 is 1.00 bits per heavy atom. The lowest BCUT2D eigenvalue weighted by atomic mass is 10.2. The maximum atomic E-state index is 5.81. The highest BCUT2D eigenvalue weighted by Crippen LogP contribution is 2.17. The molecule has 0 saturated carbocycles. The van der Waals surface area contributed by atoms with Crippen LogP contribution in [0, 0.1) is 6.92 Å². The molecule has 21 heavy (non-hydrogen) atoms. The van der Waals surface area contributed by atoms with Crippen LogP contribution in [0.25, 0.3) is 10.9 Å². The molecule has 0 bridgehead atoms. The van der Waals surface area contributed by atoms with Crippen molar-refractivity contribution in [3.63, 3.8) is 0 Å². The number of nitrogens with zero attached hydrogens (tertiary/aromatic N) is 2. The lowest BCUT2D eigenvalue weighted by molar-refractivity contribution is 0.300. The van der Waals surface area contributed by atoms with E-state index in [0.29, 0.717) is 0 Å². The highest BCUT2D eigenvalue weighted by molar-refractivity contribution is 5.78. The molecule has 108 valence electrons. The van der Waals surface area contributed by atoms with Crippen LogP contribution in [0.2, 0.25) is 0 Å². The Bertz CT molecular complexity index is 718. The maximum Gasteiger partial charge on any atom is 0.122 e. The first-order valence-electron chi connectivity index (χ1n) is 7.43. The summed E-state index contributed by atoms with van der Waals surface area (Å²) in [5.41, 5.74) is 2.40. The van der Waals surface area contributed by atoms with Crippen molar-refractivity contribution in [2.45, 2.75) is 26.3 Å². The summed E-state index contributed by atoms with van der Waals surface area (Å²) in [6, 6.07) is 16.5. The van der Waals surface area contributed by atoms with Crippen LogP contribution >= 0.6 is 0 Å². The average molecular weight is 280 g/mol. The van der Waals surface area contributed by atoms with Crippen molar-refractivity contribution < 1.29 is 4.74 Å².